The lowest BCUT2D eigenvalue weighted by molar-refractivity contribution is 0.104. The Bertz CT molecular complexity index is 1220. The van der Waals surface area contributed by atoms with Crippen molar-refractivity contribution in [1.29, 1.82) is 0 Å². The summed E-state index contributed by atoms with van der Waals surface area (Å²) < 4.78 is 21.6. The van der Waals surface area contributed by atoms with Gasteiger partial charge in [-0.05, 0) is 61.7 Å². The van der Waals surface area contributed by atoms with Crippen molar-refractivity contribution < 1.29 is 14.2 Å². The van der Waals surface area contributed by atoms with Crippen molar-refractivity contribution in [2.45, 2.75) is 38.5 Å². The smallest absolute Gasteiger partial charge is 0.227 e. The molecule has 1 aliphatic carbocycles. The molecule has 1 atom stereocenters. The lowest BCUT2D eigenvalue weighted by Crippen LogP contribution is -2.30. The fraction of sp³-hybridized carbons (Fsp3) is 0.250. The van der Waals surface area contributed by atoms with Crippen molar-refractivity contribution in [3.8, 4) is 17.3 Å². The molecule has 0 aliphatic heterocycles. The number of aliphatic hydroxyl groups excluding tert-OH is 1. The zero-order valence-corrected chi connectivity index (χ0v) is 19.1. The van der Waals surface area contributed by atoms with E-state index >= 15 is 0 Å². The molecule has 1 aliphatic rings. The van der Waals surface area contributed by atoms with E-state index in [0.717, 1.165) is 35.3 Å². The molecule has 1 unspecified atom stereocenters. The summed E-state index contributed by atoms with van der Waals surface area (Å²) in [6.45, 7) is 3.11. The van der Waals surface area contributed by atoms with Gasteiger partial charge in [-0.1, -0.05) is 48.5 Å². The molecule has 0 saturated heterocycles. The van der Waals surface area contributed by atoms with E-state index in [0.29, 0.717) is 30.8 Å². The van der Waals surface area contributed by atoms with Crippen LogP contribution in [0, 0.1) is 12.7 Å². The van der Waals surface area contributed by atoms with Crippen molar-refractivity contribution in [1.82, 2.24) is 14.7 Å². The van der Waals surface area contributed by atoms with Crippen molar-refractivity contribution >= 4 is 0 Å². The summed E-state index contributed by atoms with van der Waals surface area (Å²) in [6, 6.07) is 26.0. The molecule has 0 radical (unpaired) electrons. The lowest BCUT2D eigenvalue weighted by Gasteiger charge is -2.25. The second kappa shape index (κ2) is 9.79. The third-order valence-electron chi connectivity index (χ3n) is 6.18. The summed E-state index contributed by atoms with van der Waals surface area (Å²) in [7, 11) is 0. The Kier molecular flexibility index (Phi) is 6.43. The van der Waals surface area contributed by atoms with Gasteiger partial charge in [-0.2, -0.15) is 5.10 Å². The maximum absolute atomic E-state index is 13.5. The van der Waals surface area contributed by atoms with E-state index in [4.69, 9.17) is 9.84 Å². The quantitative estimate of drug-likeness (QED) is 0.345. The number of ether oxygens (including phenoxy) is 1. The first-order valence-corrected chi connectivity index (χ1v) is 11.6. The Morgan fingerprint density at radius 1 is 1.00 bits per heavy atom. The van der Waals surface area contributed by atoms with Crippen LogP contribution in [0.25, 0.3) is 5.69 Å². The highest BCUT2D eigenvalue weighted by atomic mass is 19.1. The second-order valence-electron chi connectivity index (χ2n) is 8.76. The molecule has 0 amide bonds. The molecule has 4 aromatic rings. The van der Waals surface area contributed by atoms with Crippen molar-refractivity contribution in [2.24, 2.45) is 0 Å². The molecule has 1 aromatic heterocycles. The topological polar surface area (TPSA) is 50.5 Å². The maximum atomic E-state index is 13.5. The molecule has 1 heterocycles. The largest absolute Gasteiger partial charge is 0.439 e. The van der Waals surface area contributed by atoms with Gasteiger partial charge in [0.2, 0.25) is 5.88 Å². The number of aromatic nitrogens is 2. The van der Waals surface area contributed by atoms with Gasteiger partial charge in [-0.3, -0.25) is 4.90 Å². The average Bonchev–Trinajstić information content (AvgIpc) is 3.67. The third kappa shape index (κ3) is 5.03. The van der Waals surface area contributed by atoms with Crippen LogP contribution in [0.4, 0.5) is 4.39 Å². The van der Waals surface area contributed by atoms with Gasteiger partial charge in [0.05, 0.1) is 23.0 Å². The molecule has 1 N–H and O–H groups in total. The monoisotopic (exact) mass is 457 g/mol. The van der Waals surface area contributed by atoms with E-state index in [2.05, 4.69) is 4.90 Å². The van der Waals surface area contributed by atoms with Crippen LogP contribution in [-0.2, 0) is 6.54 Å². The van der Waals surface area contributed by atoms with E-state index in [1.165, 1.54) is 12.1 Å². The number of hydrogen-bond acceptors (Lipinski definition) is 4. The Morgan fingerprint density at radius 3 is 2.29 bits per heavy atom. The van der Waals surface area contributed by atoms with Crippen molar-refractivity contribution in [3.05, 3.63) is 108 Å². The van der Waals surface area contributed by atoms with Gasteiger partial charge in [0.25, 0.3) is 0 Å². The molecule has 1 saturated carbocycles. The summed E-state index contributed by atoms with van der Waals surface area (Å²) in [5.74, 6) is 0.840. The van der Waals surface area contributed by atoms with Gasteiger partial charge in [0.15, 0.2) is 0 Å². The molecule has 0 bridgehead atoms. The van der Waals surface area contributed by atoms with E-state index in [9.17, 15) is 9.50 Å². The first-order valence-electron chi connectivity index (χ1n) is 11.6. The van der Waals surface area contributed by atoms with Crippen LogP contribution in [0.3, 0.4) is 0 Å². The summed E-state index contributed by atoms with van der Waals surface area (Å²) >= 11 is 0. The molecule has 3 aromatic carbocycles. The lowest BCUT2D eigenvalue weighted by atomic mass is 10.1. The number of para-hydroxylation sites is 1. The van der Waals surface area contributed by atoms with Gasteiger partial charge in [0.1, 0.15) is 11.6 Å². The highest BCUT2D eigenvalue weighted by Gasteiger charge is 2.33. The van der Waals surface area contributed by atoms with E-state index in [1.807, 2.05) is 67.6 Å². The number of benzene rings is 3. The van der Waals surface area contributed by atoms with E-state index in [-0.39, 0.29) is 5.82 Å². The number of rotatable bonds is 9. The zero-order valence-electron chi connectivity index (χ0n) is 19.1. The minimum atomic E-state index is -0.576. The fourth-order valence-corrected chi connectivity index (χ4v) is 4.17. The Labute approximate surface area is 199 Å². The van der Waals surface area contributed by atoms with E-state index < -0.39 is 6.10 Å². The molecule has 5 nitrogen and oxygen atoms in total. The Hall–Kier alpha value is -3.48. The molecular formula is C28H28FN3O2. The molecular weight excluding hydrogens is 429 g/mol. The number of aryl methyl sites for hydroxylation is 1. The summed E-state index contributed by atoms with van der Waals surface area (Å²) in [5.41, 5.74) is 3.62. The first kappa shape index (κ1) is 22.3. The molecule has 5 rings (SSSR count). The normalized spacial score (nSPS) is 14.4. The van der Waals surface area contributed by atoms with Crippen LogP contribution in [0.5, 0.6) is 11.6 Å². The van der Waals surface area contributed by atoms with Crippen LogP contribution < -0.4 is 4.74 Å². The van der Waals surface area contributed by atoms with Crippen LogP contribution >= 0.6 is 0 Å². The number of nitrogens with zero attached hydrogens (tertiary/aromatic N) is 3. The van der Waals surface area contributed by atoms with Gasteiger partial charge >= 0.3 is 0 Å². The molecule has 0 spiro atoms. The molecule has 174 valence electrons. The molecule has 1 fully saturated rings. The van der Waals surface area contributed by atoms with Crippen molar-refractivity contribution in [2.75, 3.05) is 6.54 Å². The van der Waals surface area contributed by atoms with Gasteiger partial charge in [0, 0.05) is 19.1 Å². The SMILES string of the molecule is Cc1nn(-c2ccccc2)c(Oc2ccc(F)cc2)c1CN(CC(O)c1ccccc1)C1CC1. The maximum Gasteiger partial charge on any atom is 0.227 e. The number of halogens is 1. The molecule has 34 heavy (non-hydrogen) atoms. The standard InChI is InChI=1S/C28H28FN3O2/c1-20-26(18-31(23-14-15-23)19-27(33)21-8-4-2-5-9-21)28(34-25-16-12-22(29)13-17-25)32(30-20)24-10-6-3-7-11-24/h2-13,16-17,23,27,33H,14-15,18-19H2,1H3. The molecule has 6 heteroatoms. The van der Waals surface area contributed by atoms with Crippen LogP contribution in [0.1, 0.15) is 35.8 Å². The van der Waals surface area contributed by atoms with E-state index in [1.54, 1.807) is 16.8 Å². The number of hydrogen-bond donors (Lipinski definition) is 1. The highest BCUT2D eigenvalue weighted by Crippen LogP contribution is 2.36. The predicted molar refractivity (Wildman–Crippen MR) is 130 cm³/mol. The fourth-order valence-electron chi connectivity index (χ4n) is 4.17. The summed E-state index contributed by atoms with van der Waals surface area (Å²) in [5, 5.41) is 15.7. The van der Waals surface area contributed by atoms with Gasteiger partial charge < -0.3 is 9.84 Å². The summed E-state index contributed by atoms with van der Waals surface area (Å²) in [4.78, 5) is 2.31. The minimum absolute atomic E-state index is 0.310. The second-order valence-corrected chi connectivity index (χ2v) is 8.76. The van der Waals surface area contributed by atoms with Crippen LogP contribution in [-0.4, -0.2) is 32.4 Å². The van der Waals surface area contributed by atoms with Crippen LogP contribution in [0.15, 0.2) is 84.9 Å². The average molecular weight is 458 g/mol. The highest BCUT2D eigenvalue weighted by molar-refractivity contribution is 5.43. The van der Waals surface area contributed by atoms with Gasteiger partial charge in [-0.25, -0.2) is 9.07 Å². The van der Waals surface area contributed by atoms with Gasteiger partial charge in [-0.15, -0.1) is 0 Å². The predicted octanol–water partition coefficient (Wildman–Crippen LogP) is 5.81. The third-order valence-corrected chi connectivity index (χ3v) is 6.18. The summed E-state index contributed by atoms with van der Waals surface area (Å²) in [6.07, 6.45) is 1.65. The Morgan fingerprint density at radius 2 is 1.65 bits per heavy atom. The first-order chi connectivity index (χ1) is 16.6. The van der Waals surface area contributed by atoms with Crippen molar-refractivity contribution in [3.63, 3.8) is 0 Å². The Balaban J connectivity index is 1.48. The number of aliphatic hydroxyl groups is 1. The zero-order chi connectivity index (χ0) is 23.5. The minimum Gasteiger partial charge on any atom is -0.439 e. The van der Waals surface area contributed by atoms with Crippen LogP contribution in [0.2, 0.25) is 0 Å².